The first-order valence-corrected chi connectivity index (χ1v) is 4.46. The van der Waals surface area contributed by atoms with Gasteiger partial charge in [-0.2, -0.15) is 0 Å². The Morgan fingerprint density at radius 1 is 1.36 bits per heavy atom. The van der Waals surface area contributed by atoms with E-state index in [-0.39, 0.29) is 5.91 Å². The van der Waals surface area contributed by atoms with Crippen LogP contribution in [0.3, 0.4) is 0 Å². The number of nitrogens with one attached hydrogen (secondary N) is 1. The van der Waals surface area contributed by atoms with Crippen molar-refractivity contribution in [3.63, 3.8) is 0 Å². The fraction of sp³-hybridized carbons (Fsp3) is 0.0833. The second-order valence-electron chi connectivity index (χ2n) is 3.40. The van der Waals surface area contributed by atoms with Crippen LogP contribution >= 0.6 is 0 Å². The van der Waals surface area contributed by atoms with E-state index < -0.39 is 0 Å². The molecule has 0 unspecified atom stereocenters. The molecular formula is C12H11NO. The maximum absolute atomic E-state index is 11.5. The average molecular weight is 185 g/mol. The molecule has 1 N–H and O–H groups in total. The van der Waals surface area contributed by atoms with Crippen molar-refractivity contribution >= 4 is 11.6 Å². The van der Waals surface area contributed by atoms with Gasteiger partial charge in [-0.1, -0.05) is 30.4 Å². The third-order valence-corrected chi connectivity index (χ3v) is 2.10. The fourth-order valence-electron chi connectivity index (χ4n) is 1.53. The van der Waals surface area contributed by atoms with Crippen molar-refractivity contribution in [3.8, 4) is 0 Å². The SMILES string of the molecule is C=C(C)/C=C1\NC(=O)c2ccccc21. The zero-order valence-corrected chi connectivity index (χ0v) is 8.00. The van der Waals surface area contributed by atoms with Crippen LogP contribution in [0.1, 0.15) is 22.8 Å². The normalized spacial score (nSPS) is 16.6. The van der Waals surface area contributed by atoms with E-state index in [0.717, 1.165) is 22.4 Å². The zero-order chi connectivity index (χ0) is 10.1. The highest BCUT2D eigenvalue weighted by atomic mass is 16.1. The molecule has 0 bridgehead atoms. The first-order valence-electron chi connectivity index (χ1n) is 4.46. The van der Waals surface area contributed by atoms with Gasteiger partial charge in [-0.3, -0.25) is 4.79 Å². The summed E-state index contributed by atoms with van der Waals surface area (Å²) in [5, 5.41) is 2.81. The monoisotopic (exact) mass is 185 g/mol. The molecule has 2 nitrogen and oxygen atoms in total. The molecule has 0 radical (unpaired) electrons. The maximum atomic E-state index is 11.5. The number of fused-ring (bicyclic) bond motifs is 1. The number of allylic oxidation sites excluding steroid dienone is 2. The highest BCUT2D eigenvalue weighted by molar-refractivity contribution is 6.09. The Bertz CT molecular complexity index is 443. The summed E-state index contributed by atoms with van der Waals surface area (Å²) in [5.74, 6) is -0.0342. The summed E-state index contributed by atoms with van der Waals surface area (Å²) in [6.45, 7) is 5.69. The third-order valence-electron chi connectivity index (χ3n) is 2.10. The van der Waals surface area contributed by atoms with Crippen LogP contribution in [0, 0.1) is 0 Å². The van der Waals surface area contributed by atoms with Crippen LogP contribution in [-0.2, 0) is 0 Å². The Hall–Kier alpha value is -1.83. The highest BCUT2D eigenvalue weighted by Gasteiger charge is 2.22. The molecule has 1 aliphatic heterocycles. The number of benzene rings is 1. The van der Waals surface area contributed by atoms with Gasteiger partial charge in [0.1, 0.15) is 0 Å². The molecule has 0 atom stereocenters. The Morgan fingerprint density at radius 3 is 2.64 bits per heavy atom. The van der Waals surface area contributed by atoms with Crippen molar-refractivity contribution in [1.29, 1.82) is 0 Å². The fourth-order valence-corrected chi connectivity index (χ4v) is 1.53. The summed E-state index contributed by atoms with van der Waals surface area (Å²) in [5.41, 5.74) is 3.47. The minimum absolute atomic E-state index is 0.0342. The number of rotatable bonds is 1. The largest absolute Gasteiger partial charge is 0.321 e. The number of carbonyl (C=O) groups is 1. The van der Waals surface area contributed by atoms with Gasteiger partial charge in [0.15, 0.2) is 0 Å². The highest BCUT2D eigenvalue weighted by Crippen LogP contribution is 2.24. The minimum Gasteiger partial charge on any atom is -0.321 e. The number of hydrogen-bond donors (Lipinski definition) is 1. The lowest BCUT2D eigenvalue weighted by molar-refractivity contribution is 0.0981. The van der Waals surface area contributed by atoms with Gasteiger partial charge >= 0.3 is 0 Å². The van der Waals surface area contributed by atoms with E-state index in [9.17, 15) is 4.79 Å². The summed E-state index contributed by atoms with van der Waals surface area (Å²) >= 11 is 0. The van der Waals surface area contributed by atoms with Gasteiger partial charge in [0.2, 0.25) is 0 Å². The molecule has 0 fully saturated rings. The van der Waals surface area contributed by atoms with Gasteiger partial charge in [0.05, 0.1) is 0 Å². The van der Waals surface area contributed by atoms with Crippen LogP contribution in [0.15, 0.2) is 42.5 Å². The number of carbonyl (C=O) groups excluding carboxylic acids is 1. The van der Waals surface area contributed by atoms with E-state index in [1.807, 2.05) is 37.3 Å². The molecule has 0 aliphatic carbocycles. The molecule has 0 spiro atoms. The minimum atomic E-state index is -0.0342. The van der Waals surface area contributed by atoms with Crippen molar-refractivity contribution in [3.05, 3.63) is 53.6 Å². The van der Waals surface area contributed by atoms with Gasteiger partial charge in [0.25, 0.3) is 5.91 Å². The number of hydrogen-bond acceptors (Lipinski definition) is 1. The second kappa shape index (κ2) is 3.14. The molecule has 2 rings (SSSR count). The maximum Gasteiger partial charge on any atom is 0.256 e. The van der Waals surface area contributed by atoms with Gasteiger partial charge in [0, 0.05) is 16.8 Å². The second-order valence-corrected chi connectivity index (χ2v) is 3.40. The molecule has 2 heteroatoms. The predicted molar refractivity (Wildman–Crippen MR) is 56.7 cm³/mol. The molecule has 1 aromatic rings. The van der Waals surface area contributed by atoms with Crippen molar-refractivity contribution in [1.82, 2.24) is 5.32 Å². The van der Waals surface area contributed by atoms with Crippen LogP contribution < -0.4 is 5.32 Å². The number of amides is 1. The van der Waals surface area contributed by atoms with E-state index in [0.29, 0.717) is 0 Å². The van der Waals surface area contributed by atoms with E-state index in [1.54, 1.807) is 0 Å². The quantitative estimate of drug-likeness (QED) is 0.714. The zero-order valence-electron chi connectivity index (χ0n) is 8.00. The van der Waals surface area contributed by atoms with Crippen LogP contribution in [0.2, 0.25) is 0 Å². The first kappa shape index (κ1) is 8.75. The predicted octanol–water partition coefficient (Wildman–Crippen LogP) is 2.35. The summed E-state index contributed by atoms with van der Waals surface area (Å²) in [4.78, 5) is 11.5. The van der Waals surface area contributed by atoms with Crippen molar-refractivity contribution < 1.29 is 4.79 Å². The van der Waals surface area contributed by atoms with Crippen LogP contribution in [0.5, 0.6) is 0 Å². The molecule has 70 valence electrons. The average Bonchev–Trinajstić information content (AvgIpc) is 2.44. The van der Waals surface area contributed by atoms with E-state index in [1.165, 1.54) is 0 Å². The molecule has 1 amide bonds. The molecule has 1 aromatic carbocycles. The molecule has 0 aromatic heterocycles. The topological polar surface area (TPSA) is 29.1 Å². The van der Waals surface area contributed by atoms with Crippen molar-refractivity contribution in [2.24, 2.45) is 0 Å². The molecule has 0 saturated heterocycles. The summed E-state index contributed by atoms with van der Waals surface area (Å²) in [6, 6.07) is 7.54. The van der Waals surface area contributed by atoms with Crippen molar-refractivity contribution in [2.75, 3.05) is 0 Å². The summed E-state index contributed by atoms with van der Waals surface area (Å²) < 4.78 is 0. The van der Waals surface area contributed by atoms with Crippen LogP contribution in [0.25, 0.3) is 5.70 Å². The standard InChI is InChI=1S/C12H11NO/c1-8(2)7-11-9-5-3-4-6-10(9)12(14)13-11/h3-7H,1H2,2H3,(H,13,14)/b11-7-. The first-order chi connectivity index (χ1) is 6.68. The van der Waals surface area contributed by atoms with E-state index >= 15 is 0 Å². The molecule has 14 heavy (non-hydrogen) atoms. The Balaban J connectivity index is 2.54. The third kappa shape index (κ3) is 1.35. The lowest BCUT2D eigenvalue weighted by Gasteiger charge is -1.98. The lowest BCUT2D eigenvalue weighted by atomic mass is 10.1. The Labute approximate surface area is 82.9 Å². The Kier molecular flexibility index (Phi) is 1.97. The molecular weight excluding hydrogens is 174 g/mol. The van der Waals surface area contributed by atoms with Crippen molar-refractivity contribution in [2.45, 2.75) is 6.92 Å². The van der Waals surface area contributed by atoms with Gasteiger partial charge in [-0.15, -0.1) is 0 Å². The lowest BCUT2D eigenvalue weighted by Crippen LogP contribution is -2.12. The van der Waals surface area contributed by atoms with Gasteiger partial charge in [-0.25, -0.2) is 0 Å². The molecule has 0 saturated carbocycles. The molecule has 1 aliphatic rings. The van der Waals surface area contributed by atoms with Gasteiger partial charge in [-0.05, 0) is 19.1 Å². The van der Waals surface area contributed by atoms with Crippen LogP contribution in [-0.4, -0.2) is 5.91 Å². The van der Waals surface area contributed by atoms with E-state index in [4.69, 9.17) is 0 Å². The van der Waals surface area contributed by atoms with Crippen LogP contribution in [0.4, 0.5) is 0 Å². The summed E-state index contributed by atoms with van der Waals surface area (Å²) in [7, 11) is 0. The smallest absolute Gasteiger partial charge is 0.256 e. The van der Waals surface area contributed by atoms with E-state index in [2.05, 4.69) is 11.9 Å². The summed E-state index contributed by atoms with van der Waals surface area (Å²) in [6.07, 6.45) is 1.88. The molecule has 1 heterocycles. The Morgan fingerprint density at radius 2 is 2.00 bits per heavy atom. The van der Waals surface area contributed by atoms with Gasteiger partial charge < -0.3 is 5.32 Å².